The number of aryl methyl sites for hydroxylation is 1. The second-order valence-corrected chi connectivity index (χ2v) is 12.5. The summed E-state index contributed by atoms with van der Waals surface area (Å²) in [5.41, 5.74) is 5.12. The smallest absolute Gasteiger partial charge is 0.234 e. The number of rotatable bonds is 8. The van der Waals surface area contributed by atoms with E-state index in [1.54, 1.807) is 22.7 Å². The van der Waals surface area contributed by atoms with Crippen LogP contribution in [0.15, 0.2) is 59.1 Å². The van der Waals surface area contributed by atoms with Crippen LogP contribution in [-0.2, 0) is 4.79 Å². The minimum Gasteiger partial charge on any atom is -0.325 e. The maximum Gasteiger partial charge on any atom is 0.234 e. The minimum absolute atomic E-state index is 0.0781. The van der Waals surface area contributed by atoms with Gasteiger partial charge in [-0.25, -0.2) is 4.98 Å². The number of nitrogens with zero attached hydrogens (tertiary/aromatic N) is 4. The summed E-state index contributed by atoms with van der Waals surface area (Å²) in [6, 6.07) is 16.5. The monoisotopic (exact) mass is 547 g/mol. The summed E-state index contributed by atoms with van der Waals surface area (Å²) in [6.45, 7) is 10.7. The lowest BCUT2D eigenvalue weighted by molar-refractivity contribution is -0.113. The Morgan fingerprint density at radius 1 is 1.03 bits per heavy atom. The molecule has 0 saturated carbocycles. The highest BCUT2D eigenvalue weighted by molar-refractivity contribution is 7.99. The Balaban J connectivity index is 1.24. The summed E-state index contributed by atoms with van der Waals surface area (Å²) < 4.78 is 3.29. The van der Waals surface area contributed by atoms with Crippen molar-refractivity contribution in [3.63, 3.8) is 0 Å². The Bertz CT molecular complexity index is 1550. The van der Waals surface area contributed by atoms with Crippen molar-refractivity contribution in [3.05, 3.63) is 64.4 Å². The lowest BCUT2D eigenvalue weighted by atomic mass is 10.1. The quantitative estimate of drug-likeness (QED) is 0.199. The molecule has 3 aromatic heterocycles. The fourth-order valence-electron chi connectivity index (χ4n) is 3.99. The molecule has 1 N–H and O–H groups in total. The second-order valence-electron chi connectivity index (χ2n) is 9.57. The fraction of sp³-hybridized carbons (Fsp3) is 0.286. The molecule has 0 aliphatic rings. The number of carbonyl (C=O) groups excluding carboxylic acids is 1. The molecule has 0 bridgehead atoms. The number of benzene rings is 2. The number of aromatic nitrogens is 4. The maximum absolute atomic E-state index is 12.7. The van der Waals surface area contributed by atoms with E-state index in [9.17, 15) is 4.79 Å². The number of anilines is 1. The number of nitrogens with one attached hydrogen (secondary N) is 1. The number of carbonyl (C=O) groups is 1. The van der Waals surface area contributed by atoms with E-state index in [4.69, 9.17) is 4.98 Å². The molecule has 5 rings (SSSR count). The predicted molar refractivity (Wildman–Crippen MR) is 157 cm³/mol. The van der Waals surface area contributed by atoms with Gasteiger partial charge >= 0.3 is 0 Å². The molecular weight excluding hydrogens is 519 g/mol. The molecule has 0 saturated heterocycles. The number of thiophene rings is 1. The van der Waals surface area contributed by atoms with Crippen molar-refractivity contribution in [2.24, 2.45) is 0 Å². The van der Waals surface area contributed by atoms with Crippen LogP contribution in [0.1, 0.15) is 50.1 Å². The molecule has 2 aromatic carbocycles. The molecule has 6 nitrogen and oxygen atoms in total. The first-order valence-electron chi connectivity index (χ1n) is 12.2. The molecule has 0 aliphatic heterocycles. The number of hydrogen-bond acceptors (Lipinski definition) is 7. The zero-order valence-electron chi connectivity index (χ0n) is 21.5. The summed E-state index contributed by atoms with van der Waals surface area (Å²) in [6.07, 6.45) is 0. The van der Waals surface area contributed by atoms with Gasteiger partial charge in [0, 0.05) is 33.1 Å². The van der Waals surface area contributed by atoms with E-state index in [0.29, 0.717) is 5.92 Å². The first-order chi connectivity index (χ1) is 17.8. The Hall–Kier alpha value is -3.01. The third kappa shape index (κ3) is 5.63. The van der Waals surface area contributed by atoms with Crippen LogP contribution in [-0.4, -0.2) is 31.4 Å². The Labute approximate surface area is 229 Å². The van der Waals surface area contributed by atoms with E-state index in [0.717, 1.165) is 38.3 Å². The largest absolute Gasteiger partial charge is 0.325 e. The number of fused-ring (bicyclic) bond motifs is 1. The lowest BCUT2D eigenvalue weighted by Crippen LogP contribution is -2.15. The van der Waals surface area contributed by atoms with E-state index in [2.05, 4.69) is 84.3 Å². The highest BCUT2D eigenvalue weighted by atomic mass is 32.2. The van der Waals surface area contributed by atoms with Gasteiger partial charge in [0.05, 0.1) is 16.0 Å². The van der Waals surface area contributed by atoms with Crippen LogP contribution in [0, 0.1) is 6.92 Å². The van der Waals surface area contributed by atoms with Gasteiger partial charge in [-0.2, -0.15) is 0 Å². The topological polar surface area (TPSA) is 72.7 Å². The van der Waals surface area contributed by atoms with Gasteiger partial charge in [0.2, 0.25) is 5.91 Å². The van der Waals surface area contributed by atoms with Crippen molar-refractivity contribution in [2.45, 2.75) is 51.7 Å². The van der Waals surface area contributed by atoms with Crippen molar-refractivity contribution < 1.29 is 4.79 Å². The number of hydrogen-bond donors (Lipinski definition) is 1. The van der Waals surface area contributed by atoms with E-state index >= 15 is 0 Å². The minimum atomic E-state index is -0.0781. The molecule has 37 heavy (non-hydrogen) atoms. The highest BCUT2D eigenvalue weighted by Crippen LogP contribution is 2.33. The maximum atomic E-state index is 12.7. The van der Waals surface area contributed by atoms with Crippen LogP contribution in [0.4, 0.5) is 5.69 Å². The Kier molecular flexibility index (Phi) is 7.46. The average Bonchev–Trinajstić information content (AvgIpc) is 3.60. The van der Waals surface area contributed by atoms with Crippen LogP contribution >= 0.6 is 34.4 Å². The van der Waals surface area contributed by atoms with E-state index < -0.39 is 0 Å². The van der Waals surface area contributed by atoms with Crippen molar-refractivity contribution in [2.75, 3.05) is 11.1 Å². The van der Waals surface area contributed by atoms with E-state index in [1.165, 1.54) is 26.9 Å². The molecule has 5 aromatic rings. The van der Waals surface area contributed by atoms with Crippen molar-refractivity contribution in [1.29, 1.82) is 0 Å². The standard InChI is InChI=1S/C28H29N5OS3/c1-16(2)23-13-20(14-35-23)26-31-32-28(33(26)17(3)4)36-15-25(34)29-21-9-7-19(8-10-21)27-30-22-11-6-18(5)12-24(22)37-27/h6-14,16-17H,15H2,1-5H3,(H,29,34). The summed E-state index contributed by atoms with van der Waals surface area (Å²) in [5.74, 6) is 1.50. The lowest BCUT2D eigenvalue weighted by Gasteiger charge is -2.13. The van der Waals surface area contributed by atoms with Gasteiger partial charge in [0.1, 0.15) is 5.01 Å². The molecule has 0 aliphatic carbocycles. The number of thiazole rings is 1. The van der Waals surface area contributed by atoms with Gasteiger partial charge in [-0.15, -0.1) is 32.9 Å². The second kappa shape index (κ2) is 10.8. The molecule has 3 heterocycles. The molecule has 0 radical (unpaired) electrons. The fourth-order valence-corrected chi connectivity index (χ4v) is 6.83. The molecule has 0 atom stereocenters. The zero-order chi connectivity index (χ0) is 26.1. The number of amides is 1. The molecular formula is C28H29N5OS3. The summed E-state index contributed by atoms with van der Waals surface area (Å²) in [5, 5.41) is 15.7. The molecule has 9 heteroatoms. The predicted octanol–water partition coefficient (Wildman–Crippen LogP) is 8.03. The van der Waals surface area contributed by atoms with E-state index in [-0.39, 0.29) is 17.7 Å². The molecule has 0 unspecified atom stereocenters. The van der Waals surface area contributed by atoms with Gasteiger partial charge < -0.3 is 5.32 Å². The Morgan fingerprint density at radius 2 is 1.81 bits per heavy atom. The number of thioether (sulfide) groups is 1. The highest BCUT2D eigenvalue weighted by Gasteiger charge is 2.19. The summed E-state index contributed by atoms with van der Waals surface area (Å²) in [7, 11) is 0. The molecule has 0 spiro atoms. The van der Waals surface area contributed by atoms with Crippen LogP contribution in [0.2, 0.25) is 0 Å². The van der Waals surface area contributed by atoms with Crippen molar-refractivity contribution >= 4 is 56.2 Å². The Morgan fingerprint density at radius 3 is 2.51 bits per heavy atom. The van der Waals surface area contributed by atoms with Crippen LogP contribution in [0.3, 0.4) is 0 Å². The van der Waals surface area contributed by atoms with E-state index in [1.807, 2.05) is 24.3 Å². The van der Waals surface area contributed by atoms with Crippen LogP contribution in [0.25, 0.3) is 32.2 Å². The van der Waals surface area contributed by atoms with Crippen molar-refractivity contribution in [1.82, 2.24) is 19.7 Å². The summed E-state index contributed by atoms with van der Waals surface area (Å²) in [4.78, 5) is 18.8. The first kappa shape index (κ1) is 25.6. The molecule has 0 fully saturated rings. The van der Waals surface area contributed by atoms with Crippen LogP contribution in [0.5, 0.6) is 0 Å². The van der Waals surface area contributed by atoms with Crippen molar-refractivity contribution in [3.8, 4) is 22.0 Å². The van der Waals surface area contributed by atoms with Gasteiger partial charge in [-0.1, -0.05) is 31.7 Å². The third-order valence-corrected chi connectivity index (χ3v) is 9.16. The van der Waals surface area contributed by atoms with Gasteiger partial charge in [0.25, 0.3) is 0 Å². The molecule has 1 amide bonds. The third-order valence-electron chi connectivity index (χ3n) is 5.92. The van der Waals surface area contributed by atoms with Gasteiger partial charge in [0.15, 0.2) is 11.0 Å². The average molecular weight is 548 g/mol. The van der Waals surface area contributed by atoms with Crippen LogP contribution < -0.4 is 5.32 Å². The normalized spacial score (nSPS) is 11.6. The first-order valence-corrected chi connectivity index (χ1v) is 14.9. The van der Waals surface area contributed by atoms with Gasteiger partial charge in [-0.3, -0.25) is 9.36 Å². The van der Waals surface area contributed by atoms with Gasteiger partial charge in [-0.05, 0) is 74.7 Å². The molecule has 190 valence electrons. The SMILES string of the molecule is Cc1ccc2nc(-c3ccc(NC(=O)CSc4nnc(-c5csc(C(C)C)c5)n4C(C)C)cc3)sc2c1. The summed E-state index contributed by atoms with van der Waals surface area (Å²) >= 11 is 4.83. The zero-order valence-corrected chi connectivity index (χ0v) is 23.9.